The van der Waals surface area contributed by atoms with E-state index in [-0.39, 0.29) is 5.41 Å². The summed E-state index contributed by atoms with van der Waals surface area (Å²) in [4.78, 5) is 4.65. The van der Waals surface area contributed by atoms with E-state index in [0.29, 0.717) is 12.5 Å². The first-order valence-corrected chi connectivity index (χ1v) is 6.44. The number of hydrogen-bond donors (Lipinski definition) is 1. The lowest BCUT2D eigenvalue weighted by Gasteiger charge is -2.20. The van der Waals surface area contributed by atoms with Gasteiger partial charge >= 0.3 is 0 Å². The number of aromatic nitrogens is 1. The average molecular weight is 226 g/mol. The maximum Gasteiger partial charge on any atom is 0.0930 e. The second-order valence-corrected chi connectivity index (χ2v) is 6.32. The van der Waals surface area contributed by atoms with Gasteiger partial charge in [-0.05, 0) is 24.3 Å². The van der Waals surface area contributed by atoms with E-state index in [0.717, 1.165) is 12.8 Å². The molecule has 2 N–H and O–H groups in total. The fourth-order valence-corrected chi connectivity index (χ4v) is 2.44. The third-order valence-electron chi connectivity index (χ3n) is 2.39. The zero-order valence-electron chi connectivity index (χ0n) is 10.2. The molecule has 0 aliphatic rings. The van der Waals surface area contributed by atoms with Crippen molar-refractivity contribution in [2.75, 3.05) is 6.54 Å². The van der Waals surface area contributed by atoms with Crippen molar-refractivity contribution in [3.05, 3.63) is 16.1 Å². The predicted molar refractivity (Wildman–Crippen MR) is 67.2 cm³/mol. The molecule has 1 heterocycles. The van der Waals surface area contributed by atoms with E-state index < -0.39 is 0 Å². The van der Waals surface area contributed by atoms with Crippen molar-refractivity contribution >= 4 is 11.3 Å². The van der Waals surface area contributed by atoms with Crippen molar-refractivity contribution in [1.82, 2.24) is 4.98 Å². The molecule has 2 nitrogen and oxygen atoms in total. The summed E-state index contributed by atoms with van der Waals surface area (Å²) >= 11 is 1.78. The maximum absolute atomic E-state index is 5.72. The van der Waals surface area contributed by atoms with Gasteiger partial charge < -0.3 is 5.73 Å². The molecule has 0 saturated carbocycles. The number of nitrogens with zero attached hydrogens (tertiary/aromatic N) is 1. The Labute approximate surface area is 96.9 Å². The SMILES string of the molecule is CC(C)Cc1nc(CC(C)(C)CN)cs1. The van der Waals surface area contributed by atoms with Crippen LogP contribution in [0.3, 0.4) is 0 Å². The topological polar surface area (TPSA) is 38.9 Å². The summed E-state index contributed by atoms with van der Waals surface area (Å²) in [6.45, 7) is 9.54. The van der Waals surface area contributed by atoms with Crippen molar-refractivity contribution in [3.8, 4) is 0 Å². The molecule has 0 bridgehead atoms. The summed E-state index contributed by atoms with van der Waals surface area (Å²) in [5.74, 6) is 0.687. The van der Waals surface area contributed by atoms with Crippen LogP contribution in [0.25, 0.3) is 0 Å². The highest BCUT2D eigenvalue weighted by Crippen LogP contribution is 2.22. The summed E-state index contributed by atoms with van der Waals surface area (Å²) in [5.41, 5.74) is 7.09. The van der Waals surface area contributed by atoms with Gasteiger partial charge in [-0.1, -0.05) is 27.7 Å². The third-order valence-corrected chi connectivity index (χ3v) is 3.31. The van der Waals surface area contributed by atoms with E-state index in [1.807, 2.05) is 0 Å². The summed E-state index contributed by atoms with van der Waals surface area (Å²) in [5, 5.41) is 3.43. The molecule has 15 heavy (non-hydrogen) atoms. The van der Waals surface area contributed by atoms with Crippen LogP contribution in [0.5, 0.6) is 0 Å². The van der Waals surface area contributed by atoms with E-state index >= 15 is 0 Å². The van der Waals surface area contributed by atoms with Crippen LogP contribution in [0.2, 0.25) is 0 Å². The molecular formula is C12H22N2S. The number of hydrogen-bond acceptors (Lipinski definition) is 3. The van der Waals surface area contributed by atoms with E-state index in [1.165, 1.54) is 10.7 Å². The minimum absolute atomic E-state index is 0.170. The van der Waals surface area contributed by atoms with Crippen molar-refractivity contribution in [2.45, 2.75) is 40.5 Å². The normalized spacial score (nSPS) is 12.4. The molecule has 0 aliphatic heterocycles. The van der Waals surface area contributed by atoms with Crippen molar-refractivity contribution in [2.24, 2.45) is 17.1 Å². The minimum atomic E-state index is 0.170. The van der Waals surface area contributed by atoms with Crippen molar-refractivity contribution < 1.29 is 0 Å². The molecular weight excluding hydrogens is 204 g/mol. The number of nitrogens with two attached hydrogens (primary N) is 1. The quantitative estimate of drug-likeness (QED) is 0.838. The van der Waals surface area contributed by atoms with E-state index in [1.54, 1.807) is 11.3 Å². The molecule has 0 spiro atoms. The van der Waals surface area contributed by atoms with E-state index in [2.05, 4.69) is 38.1 Å². The van der Waals surface area contributed by atoms with Gasteiger partial charge in [0.2, 0.25) is 0 Å². The molecule has 1 aromatic rings. The van der Waals surface area contributed by atoms with Crippen molar-refractivity contribution in [3.63, 3.8) is 0 Å². The van der Waals surface area contributed by atoms with Crippen LogP contribution in [-0.4, -0.2) is 11.5 Å². The fourth-order valence-electron chi connectivity index (χ4n) is 1.44. The third kappa shape index (κ3) is 4.31. The minimum Gasteiger partial charge on any atom is -0.330 e. The van der Waals surface area contributed by atoms with Gasteiger partial charge in [-0.15, -0.1) is 11.3 Å². The second kappa shape index (κ2) is 5.08. The average Bonchev–Trinajstić information content (AvgIpc) is 2.50. The van der Waals surface area contributed by atoms with Gasteiger partial charge in [0, 0.05) is 11.8 Å². The lowest BCUT2D eigenvalue weighted by atomic mass is 9.88. The predicted octanol–water partition coefficient (Wildman–Crippen LogP) is 2.87. The van der Waals surface area contributed by atoms with Gasteiger partial charge in [0.15, 0.2) is 0 Å². The fraction of sp³-hybridized carbons (Fsp3) is 0.750. The molecule has 0 unspecified atom stereocenters. The van der Waals surface area contributed by atoms with Crippen LogP contribution >= 0.6 is 11.3 Å². The molecule has 0 amide bonds. The van der Waals surface area contributed by atoms with Crippen molar-refractivity contribution in [1.29, 1.82) is 0 Å². The highest BCUT2D eigenvalue weighted by Gasteiger charge is 2.18. The Hall–Kier alpha value is -0.410. The van der Waals surface area contributed by atoms with Crippen LogP contribution in [0.1, 0.15) is 38.4 Å². The monoisotopic (exact) mass is 226 g/mol. The Kier molecular flexibility index (Phi) is 4.29. The van der Waals surface area contributed by atoms with Crippen LogP contribution in [0, 0.1) is 11.3 Å². The molecule has 1 rings (SSSR count). The standard InChI is InChI=1S/C12H22N2S/c1-9(2)5-11-14-10(7-15-11)6-12(3,4)8-13/h7,9H,5-6,8,13H2,1-4H3. The first-order chi connectivity index (χ1) is 6.93. The molecule has 86 valence electrons. The summed E-state index contributed by atoms with van der Waals surface area (Å²) in [6.07, 6.45) is 2.08. The summed E-state index contributed by atoms with van der Waals surface area (Å²) < 4.78 is 0. The first kappa shape index (κ1) is 12.7. The molecule has 1 aromatic heterocycles. The highest BCUT2D eigenvalue weighted by molar-refractivity contribution is 7.09. The number of rotatable bonds is 5. The summed E-state index contributed by atoms with van der Waals surface area (Å²) in [6, 6.07) is 0. The van der Waals surface area contributed by atoms with Gasteiger partial charge in [-0.2, -0.15) is 0 Å². The van der Waals surface area contributed by atoms with Gasteiger partial charge in [-0.3, -0.25) is 0 Å². The number of thiazole rings is 1. The Morgan fingerprint density at radius 2 is 2.13 bits per heavy atom. The highest BCUT2D eigenvalue weighted by atomic mass is 32.1. The van der Waals surface area contributed by atoms with Gasteiger partial charge in [0.25, 0.3) is 0 Å². The van der Waals surface area contributed by atoms with Gasteiger partial charge in [0.1, 0.15) is 0 Å². The van der Waals surface area contributed by atoms with E-state index in [4.69, 9.17) is 5.73 Å². The van der Waals surface area contributed by atoms with E-state index in [9.17, 15) is 0 Å². The lowest BCUT2D eigenvalue weighted by Crippen LogP contribution is -2.26. The van der Waals surface area contributed by atoms with Gasteiger partial charge in [-0.25, -0.2) is 4.98 Å². The molecule has 3 heteroatoms. The van der Waals surface area contributed by atoms with Crippen LogP contribution < -0.4 is 5.73 Å². The Bertz CT molecular complexity index is 302. The molecule has 0 fully saturated rings. The van der Waals surface area contributed by atoms with Gasteiger partial charge in [0.05, 0.1) is 10.7 Å². The summed E-state index contributed by atoms with van der Waals surface area (Å²) in [7, 11) is 0. The Balaban J connectivity index is 2.60. The zero-order chi connectivity index (χ0) is 11.5. The molecule has 0 aliphatic carbocycles. The molecule has 0 atom stereocenters. The van der Waals surface area contributed by atoms with Crippen LogP contribution in [-0.2, 0) is 12.8 Å². The smallest absolute Gasteiger partial charge is 0.0930 e. The molecule has 0 radical (unpaired) electrons. The first-order valence-electron chi connectivity index (χ1n) is 5.56. The van der Waals surface area contributed by atoms with Crippen LogP contribution in [0.4, 0.5) is 0 Å². The largest absolute Gasteiger partial charge is 0.330 e. The second-order valence-electron chi connectivity index (χ2n) is 5.38. The lowest BCUT2D eigenvalue weighted by molar-refractivity contribution is 0.373. The van der Waals surface area contributed by atoms with Crippen LogP contribution in [0.15, 0.2) is 5.38 Å². The maximum atomic E-state index is 5.72. The molecule has 0 aromatic carbocycles. The zero-order valence-corrected chi connectivity index (χ0v) is 11.0. The Morgan fingerprint density at radius 1 is 1.47 bits per heavy atom. The Morgan fingerprint density at radius 3 is 2.67 bits per heavy atom. The molecule has 0 saturated heterocycles.